The number of benzene rings is 2. The van der Waals surface area contributed by atoms with E-state index >= 15 is 0 Å². The highest BCUT2D eigenvalue weighted by atomic mass is 35.5. The smallest absolute Gasteiger partial charge is 0.452 e. The van der Waals surface area contributed by atoms with Crippen molar-refractivity contribution in [1.29, 1.82) is 0 Å². The zero-order valence-electron chi connectivity index (χ0n) is 20.3. The van der Waals surface area contributed by atoms with Crippen LogP contribution in [0, 0.1) is 0 Å². The van der Waals surface area contributed by atoms with Gasteiger partial charge in [0.25, 0.3) is 0 Å². The summed E-state index contributed by atoms with van der Waals surface area (Å²) >= 11 is 6.36. The summed E-state index contributed by atoms with van der Waals surface area (Å²) in [6, 6.07) is 7.83. The van der Waals surface area contributed by atoms with Gasteiger partial charge in [0.15, 0.2) is 17.3 Å². The lowest BCUT2D eigenvalue weighted by atomic mass is 9.97. The van der Waals surface area contributed by atoms with Crippen LogP contribution in [0.4, 0.5) is 13.2 Å². The molecule has 0 fully saturated rings. The van der Waals surface area contributed by atoms with Gasteiger partial charge in [-0.1, -0.05) is 23.7 Å². The Kier molecular flexibility index (Phi) is 7.51. The first-order chi connectivity index (χ1) is 17.6. The molecule has 13 heteroatoms. The van der Waals surface area contributed by atoms with Gasteiger partial charge >= 0.3 is 12.1 Å². The van der Waals surface area contributed by atoms with Crippen LogP contribution >= 0.6 is 11.6 Å². The second-order valence-electron chi connectivity index (χ2n) is 7.86. The third-order valence-electron chi connectivity index (χ3n) is 5.70. The summed E-state index contributed by atoms with van der Waals surface area (Å²) in [5.41, 5.74) is 0.572. The number of rotatable bonds is 7. The van der Waals surface area contributed by atoms with Crippen LogP contribution in [-0.4, -0.2) is 48.7 Å². The molecule has 0 bridgehead atoms. The van der Waals surface area contributed by atoms with Gasteiger partial charge in [0.2, 0.25) is 5.82 Å². The summed E-state index contributed by atoms with van der Waals surface area (Å²) < 4.78 is 71.0. The first-order valence-electron chi connectivity index (χ1n) is 11.1. The van der Waals surface area contributed by atoms with Crippen molar-refractivity contribution >= 4 is 17.6 Å². The fourth-order valence-corrected chi connectivity index (χ4v) is 4.48. The van der Waals surface area contributed by atoms with Crippen LogP contribution in [0.5, 0.6) is 17.2 Å². The third-order valence-corrected chi connectivity index (χ3v) is 5.92. The third kappa shape index (κ3) is 4.90. The van der Waals surface area contributed by atoms with Gasteiger partial charge in [-0.2, -0.15) is 13.2 Å². The second kappa shape index (κ2) is 10.5. The number of fused-ring (bicyclic) bond motifs is 3. The maximum atomic E-state index is 14.1. The van der Waals surface area contributed by atoms with Gasteiger partial charge in [-0.05, 0) is 19.1 Å². The fourth-order valence-electron chi connectivity index (χ4n) is 4.27. The number of alkyl halides is 3. The predicted molar refractivity (Wildman–Crippen MR) is 124 cm³/mol. The highest BCUT2D eigenvalue weighted by molar-refractivity contribution is 6.30. The van der Waals surface area contributed by atoms with Crippen LogP contribution < -0.4 is 14.2 Å². The van der Waals surface area contributed by atoms with Crippen molar-refractivity contribution in [3.63, 3.8) is 0 Å². The molecule has 4 rings (SSSR count). The van der Waals surface area contributed by atoms with E-state index in [1.54, 1.807) is 25.1 Å². The van der Waals surface area contributed by atoms with Crippen molar-refractivity contribution < 1.29 is 41.7 Å². The average molecular weight is 542 g/mol. The Balaban J connectivity index is 2.07. The number of esters is 1. The van der Waals surface area contributed by atoms with Gasteiger partial charge in [0.05, 0.1) is 40.0 Å². The molecular weight excluding hydrogens is 519 g/mol. The molecule has 0 radical (unpaired) electrons. The standard InChI is InChI=1S/C24H23ClF3N3O6/c1-5-36-18(32)11-17-22-29-30-23(24(26,27)28)31(22)19-14(9-12(25)10-16(19)34-3)20(37-17)13-7-6-8-15(33-2)21(13)35-4/h6-10,17,20H,5,11H2,1-4H3/t17-,20-/m0/s1. The Morgan fingerprint density at radius 1 is 1.08 bits per heavy atom. The molecule has 0 N–H and O–H groups in total. The molecule has 1 aliphatic heterocycles. The van der Waals surface area contributed by atoms with E-state index in [1.807, 2.05) is 0 Å². The molecule has 37 heavy (non-hydrogen) atoms. The summed E-state index contributed by atoms with van der Waals surface area (Å²) in [6.07, 6.45) is -7.71. The molecule has 2 aromatic carbocycles. The molecule has 0 saturated heterocycles. The van der Waals surface area contributed by atoms with E-state index in [2.05, 4.69) is 10.2 Å². The first kappa shape index (κ1) is 26.6. The number of para-hydroxylation sites is 1. The summed E-state index contributed by atoms with van der Waals surface area (Å²) in [4.78, 5) is 12.5. The van der Waals surface area contributed by atoms with Gasteiger partial charge in [0.1, 0.15) is 18.0 Å². The number of ether oxygens (including phenoxy) is 5. The maximum absolute atomic E-state index is 14.1. The molecule has 3 aromatic rings. The average Bonchev–Trinajstić information content (AvgIpc) is 3.26. The number of carbonyl (C=O) groups is 1. The van der Waals surface area contributed by atoms with E-state index in [1.165, 1.54) is 33.5 Å². The summed E-state index contributed by atoms with van der Waals surface area (Å²) in [6.45, 7) is 1.69. The quantitative estimate of drug-likeness (QED) is 0.382. The predicted octanol–water partition coefficient (Wildman–Crippen LogP) is 5.08. The van der Waals surface area contributed by atoms with E-state index in [-0.39, 0.29) is 40.2 Å². The molecule has 0 unspecified atom stereocenters. The van der Waals surface area contributed by atoms with Crippen molar-refractivity contribution in [2.24, 2.45) is 0 Å². The summed E-state index contributed by atoms with van der Waals surface area (Å²) in [7, 11) is 4.17. The molecular formula is C24H23ClF3N3O6. The fraction of sp³-hybridized carbons (Fsp3) is 0.375. The summed E-state index contributed by atoms with van der Waals surface area (Å²) in [5.74, 6) is -1.61. The molecule has 2 atom stereocenters. The van der Waals surface area contributed by atoms with Gasteiger partial charge in [-0.15, -0.1) is 10.2 Å². The minimum Gasteiger partial charge on any atom is -0.494 e. The molecule has 2 heterocycles. The number of halogens is 4. The van der Waals surface area contributed by atoms with Gasteiger partial charge in [-0.3, -0.25) is 9.36 Å². The van der Waals surface area contributed by atoms with Crippen molar-refractivity contribution in [3.05, 3.63) is 58.1 Å². The van der Waals surface area contributed by atoms with Gasteiger partial charge in [-0.25, -0.2) is 0 Å². The number of aromatic nitrogens is 3. The minimum absolute atomic E-state index is 0.0151. The minimum atomic E-state index is -4.89. The van der Waals surface area contributed by atoms with Crippen LogP contribution in [0.15, 0.2) is 30.3 Å². The number of methoxy groups -OCH3 is 3. The van der Waals surface area contributed by atoms with E-state index in [0.717, 1.165) is 4.57 Å². The Morgan fingerprint density at radius 3 is 2.43 bits per heavy atom. The summed E-state index contributed by atoms with van der Waals surface area (Å²) in [5, 5.41) is 7.37. The normalized spacial score (nSPS) is 16.9. The monoisotopic (exact) mass is 541 g/mol. The SMILES string of the molecule is CCOC(=O)C[C@@H]1O[C@@H](c2cccc(OC)c2OC)c2cc(Cl)cc(OC)c2-n2c1nnc2C(F)(F)F. The zero-order chi connectivity index (χ0) is 26.9. The molecule has 1 aliphatic rings. The molecule has 0 spiro atoms. The Bertz CT molecular complexity index is 1310. The van der Waals surface area contributed by atoms with Crippen LogP contribution in [0.3, 0.4) is 0 Å². The molecule has 198 valence electrons. The van der Waals surface area contributed by atoms with Crippen LogP contribution in [0.1, 0.15) is 48.3 Å². The largest absolute Gasteiger partial charge is 0.494 e. The first-order valence-corrected chi connectivity index (χ1v) is 11.4. The number of hydrogen-bond donors (Lipinski definition) is 0. The van der Waals surface area contributed by atoms with E-state index in [4.69, 9.17) is 35.3 Å². The maximum Gasteiger partial charge on any atom is 0.452 e. The van der Waals surface area contributed by atoms with Crippen molar-refractivity contribution in [2.45, 2.75) is 31.7 Å². The van der Waals surface area contributed by atoms with E-state index < -0.39 is 36.6 Å². The van der Waals surface area contributed by atoms with E-state index in [0.29, 0.717) is 11.3 Å². The zero-order valence-corrected chi connectivity index (χ0v) is 21.0. The van der Waals surface area contributed by atoms with Crippen molar-refractivity contribution in [2.75, 3.05) is 27.9 Å². The van der Waals surface area contributed by atoms with Crippen LogP contribution in [-0.2, 0) is 20.4 Å². The van der Waals surface area contributed by atoms with Crippen molar-refractivity contribution in [1.82, 2.24) is 14.8 Å². The van der Waals surface area contributed by atoms with Crippen LogP contribution in [0.25, 0.3) is 5.69 Å². The molecule has 9 nitrogen and oxygen atoms in total. The highest BCUT2D eigenvalue weighted by Gasteiger charge is 2.45. The highest BCUT2D eigenvalue weighted by Crippen LogP contribution is 2.49. The Hall–Kier alpha value is -3.51. The Labute approximate surface area is 215 Å². The second-order valence-corrected chi connectivity index (χ2v) is 8.29. The lowest BCUT2D eigenvalue weighted by Gasteiger charge is -2.25. The lowest BCUT2D eigenvalue weighted by molar-refractivity contribution is -0.147. The number of carbonyl (C=O) groups excluding carboxylic acids is 1. The molecule has 0 saturated carbocycles. The van der Waals surface area contributed by atoms with Gasteiger partial charge in [0, 0.05) is 22.2 Å². The van der Waals surface area contributed by atoms with Crippen molar-refractivity contribution in [3.8, 4) is 22.9 Å². The molecule has 0 aliphatic carbocycles. The Morgan fingerprint density at radius 2 is 1.81 bits per heavy atom. The lowest BCUT2D eigenvalue weighted by Crippen LogP contribution is -2.18. The van der Waals surface area contributed by atoms with E-state index in [9.17, 15) is 18.0 Å². The number of hydrogen-bond acceptors (Lipinski definition) is 8. The molecule has 1 aromatic heterocycles. The molecule has 0 amide bonds. The number of nitrogens with zero attached hydrogens (tertiary/aromatic N) is 3. The topological polar surface area (TPSA) is 93.9 Å². The van der Waals surface area contributed by atoms with Gasteiger partial charge < -0.3 is 23.7 Å². The van der Waals surface area contributed by atoms with Crippen LogP contribution in [0.2, 0.25) is 5.02 Å².